The van der Waals surface area contributed by atoms with Gasteiger partial charge in [-0.05, 0) is 35.7 Å². The number of hydrogen-bond acceptors (Lipinski definition) is 4. The van der Waals surface area contributed by atoms with E-state index in [4.69, 9.17) is 16.0 Å². The van der Waals surface area contributed by atoms with Gasteiger partial charge in [0.05, 0.1) is 4.88 Å². The highest BCUT2D eigenvalue weighted by Gasteiger charge is 2.12. The smallest absolute Gasteiger partial charge is 0.287 e. The average molecular weight is 375 g/mol. The molecule has 0 saturated heterocycles. The lowest BCUT2D eigenvalue weighted by Crippen LogP contribution is -2.34. The van der Waals surface area contributed by atoms with Gasteiger partial charge in [0, 0.05) is 23.7 Å². The molecule has 0 aliphatic carbocycles. The molecule has 3 rings (SSSR count). The summed E-state index contributed by atoms with van der Waals surface area (Å²) in [5, 5.41) is 7.88. The van der Waals surface area contributed by atoms with Crippen LogP contribution in [0.5, 0.6) is 0 Å². The molecule has 7 heteroatoms. The second kappa shape index (κ2) is 8.00. The fraction of sp³-hybridized carbons (Fsp3) is 0.111. The normalized spacial score (nSPS) is 10.4. The second-order valence-electron chi connectivity index (χ2n) is 5.16. The Labute approximate surface area is 153 Å². The van der Waals surface area contributed by atoms with Crippen molar-refractivity contribution in [1.29, 1.82) is 0 Å². The number of halogens is 1. The van der Waals surface area contributed by atoms with Crippen molar-refractivity contribution in [1.82, 2.24) is 10.6 Å². The Bertz CT molecular complexity index is 874. The van der Waals surface area contributed by atoms with Gasteiger partial charge in [0.1, 0.15) is 5.76 Å². The van der Waals surface area contributed by atoms with E-state index in [0.29, 0.717) is 28.7 Å². The minimum Gasteiger partial charge on any atom is -0.451 e. The third kappa shape index (κ3) is 4.49. The second-order valence-corrected chi connectivity index (χ2v) is 6.55. The average Bonchev–Trinajstić information content (AvgIpc) is 3.30. The van der Waals surface area contributed by atoms with Crippen molar-refractivity contribution in [3.05, 3.63) is 69.6 Å². The van der Waals surface area contributed by atoms with Crippen LogP contribution in [0.4, 0.5) is 0 Å². The van der Waals surface area contributed by atoms with E-state index < -0.39 is 0 Å². The lowest BCUT2D eigenvalue weighted by atomic mass is 10.2. The summed E-state index contributed by atoms with van der Waals surface area (Å²) < 4.78 is 5.57. The van der Waals surface area contributed by atoms with Crippen LogP contribution in [-0.2, 0) is 0 Å². The van der Waals surface area contributed by atoms with Crippen molar-refractivity contribution in [2.45, 2.75) is 0 Å². The maximum atomic E-state index is 12.1. The number of benzene rings is 1. The summed E-state index contributed by atoms with van der Waals surface area (Å²) in [4.78, 5) is 24.5. The number of carbonyl (C=O) groups is 2. The number of rotatable bonds is 6. The highest BCUT2D eigenvalue weighted by molar-refractivity contribution is 7.12. The first-order valence-corrected chi connectivity index (χ1v) is 8.85. The lowest BCUT2D eigenvalue weighted by molar-refractivity contribution is 0.0912. The Hall–Kier alpha value is -2.57. The maximum Gasteiger partial charge on any atom is 0.287 e. The molecule has 3 aromatic rings. The molecule has 0 radical (unpaired) electrons. The van der Waals surface area contributed by atoms with E-state index in [2.05, 4.69) is 10.6 Å². The van der Waals surface area contributed by atoms with Gasteiger partial charge in [-0.3, -0.25) is 9.59 Å². The fourth-order valence-corrected chi connectivity index (χ4v) is 3.02. The standard InChI is InChI=1S/C18H15ClN2O3S/c19-13-4-1-3-12(11-13)14-6-7-15(24-14)17(22)20-8-9-21-18(23)16-5-2-10-25-16/h1-7,10-11H,8-9H2,(H,20,22)(H,21,23). The summed E-state index contributed by atoms with van der Waals surface area (Å²) >= 11 is 7.33. The maximum absolute atomic E-state index is 12.1. The first-order valence-electron chi connectivity index (χ1n) is 7.59. The van der Waals surface area contributed by atoms with E-state index in [1.807, 2.05) is 23.6 Å². The van der Waals surface area contributed by atoms with Crippen LogP contribution in [-0.4, -0.2) is 24.9 Å². The van der Waals surface area contributed by atoms with E-state index in [-0.39, 0.29) is 17.6 Å². The predicted molar refractivity (Wildman–Crippen MR) is 98.1 cm³/mol. The molecule has 0 atom stereocenters. The van der Waals surface area contributed by atoms with Gasteiger partial charge in [-0.15, -0.1) is 11.3 Å². The summed E-state index contributed by atoms with van der Waals surface area (Å²) in [6, 6.07) is 14.1. The highest BCUT2D eigenvalue weighted by Crippen LogP contribution is 2.24. The SMILES string of the molecule is O=C(NCCNC(=O)c1cccs1)c1ccc(-c2cccc(Cl)c2)o1. The van der Waals surface area contributed by atoms with Crippen LogP contribution in [0.1, 0.15) is 20.2 Å². The van der Waals surface area contributed by atoms with Crippen molar-refractivity contribution in [3.63, 3.8) is 0 Å². The third-order valence-corrected chi connectivity index (χ3v) is 4.48. The molecule has 0 aliphatic rings. The molecule has 0 unspecified atom stereocenters. The Balaban J connectivity index is 1.50. The molecule has 2 heterocycles. The quantitative estimate of drug-likeness (QED) is 0.644. The summed E-state index contributed by atoms with van der Waals surface area (Å²) in [6.07, 6.45) is 0. The molecule has 1 aromatic carbocycles. The molecule has 0 bridgehead atoms. The van der Waals surface area contributed by atoms with Crippen LogP contribution in [0.3, 0.4) is 0 Å². The highest BCUT2D eigenvalue weighted by atomic mass is 35.5. The van der Waals surface area contributed by atoms with Crippen LogP contribution in [0.25, 0.3) is 11.3 Å². The Morgan fingerprint density at radius 3 is 2.52 bits per heavy atom. The molecule has 25 heavy (non-hydrogen) atoms. The Morgan fingerprint density at radius 1 is 1.00 bits per heavy atom. The first kappa shape index (κ1) is 17.3. The third-order valence-electron chi connectivity index (χ3n) is 3.38. The Kier molecular flexibility index (Phi) is 5.53. The van der Waals surface area contributed by atoms with Crippen LogP contribution >= 0.6 is 22.9 Å². The molecule has 0 fully saturated rings. The van der Waals surface area contributed by atoms with Crippen molar-refractivity contribution < 1.29 is 14.0 Å². The van der Waals surface area contributed by atoms with Crippen molar-refractivity contribution in [2.24, 2.45) is 0 Å². The topological polar surface area (TPSA) is 71.3 Å². The molecular weight excluding hydrogens is 360 g/mol. The molecule has 0 spiro atoms. The zero-order chi connectivity index (χ0) is 17.6. The van der Waals surface area contributed by atoms with E-state index in [9.17, 15) is 9.59 Å². The van der Waals surface area contributed by atoms with Crippen molar-refractivity contribution >= 4 is 34.8 Å². The monoisotopic (exact) mass is 374 g/mol. The van der Waals surface area contributed by atoms with Crippen LogP contribution < -0.4 is 10.6 Å². The molecule has 5 nitrogen and oxygen atoms in total. The zero-order valence-corrected chi connectivity index (χ0v) is 14.7. The minimum absolute atomic E-state index is 0.148. The summed E-state index contributed by atoms with van der Waals surface area (Å²) in [6.45, 7) is 0.646. The van der Waals surface area contributed by atoms with Crippen molar-refractivity contribution in [2.75, 3.05) is 13.1 Å². The molecule has 2 aromatic heterocycles. The van der Waals surface area contributed by atoms with Gasteiger partial charge < -0.3 is 15.1 Å². The first-order chi connectivity index (χ1) is 12.1. The summed E-state index contributed by atoms with van der Waals surface area (Å²) in [7, 11) is 0. The molecule has 0 aliphatic heterocycles. The fourth-order valence-electron chi connectivity index (χ4n) is 2.19. The largest absolute Gasteiger partial charge is 0.451 e. The number of thiophene rings is 1. The number of amides is 2. The number of carbonyl (C=O) groups excluding carboxylic acids is 2. The predicted octanol–water partition coefficient (Wildman–Crippen LogP) is 3.82. The van der Waals surface area contributed by atoms with Gasteiger partial charge in [-0.25, -0.2) is 0 Å². The van der Waals surface area contributed by atoms with Gasteiger partial charge in [0.15, 0.2) is 5.76 Å². The number of nitrogens with one attached hydrogen (secondary N) is 2. The van der Waals surface area contributed by atoms with Crippen molar-refractivity contribution in [3.8, 4) is 11.3 Å². The van der Waals surface area contributed by atoms with E-state index >= 15 is 0 Å². The van der Waals surface area contributed by atoms with Gasteiger partial charge in [0.25, 0.3) is 11.8 Å². The van der Waals surface area contributed by atoms with Gasteiger partial charge >= 0.3 is 0 Å². The molecule has 2 N–H and O–H groups in total. The van der Waals surface area contributed by atoms with E-state index in [1.54, 1.807) is 30.3 Å². The van der Waals surface area contributed by atoms with E-state index in [0.717, 1.165) is 5.56 Å². The molecule has 2 amide bonds. The van der Waals surface area contributed by atoms with Gasteiger partial charge in [-0.1, -0.05) is 29.8 Å². The van der Waals surface area contributed by atoms with Gasteiger partial charge in [-0.2, -0.15) is 0 Å². The minimum atomic E-state index is -0.335. The molecular formula is C18H15ClN2O3S. The van der Waals surface area contributed by atoms with Crippen LogP contribution in [0.15, 0.2) is 58.3 Å². The number of furan rings is 1. The number of hydrogen-bond donors (Lipinski definition) is 2. The Morgan fingerprint density at radius 2 is 1.80 bits per heavy atom. The lowest BCUT2D eigenvalue weighted by Gasteiger charge is -2.05. The molecule has 0 saturated carbocycles. The summed E-state index contributed by atoms with van der Waals surface area (Å²) in [5.74, 6) is 0.294. The summed E-state index contributed by atoms with van der Waals surface area (Å²) in [5.41, 5.74) is 0.801. The zero-order valence-electron chi connectivity index (χ0n) is 13.1. The van der Waals surface area contributed by atoms with Crippen LogP contribution in [0.2, 0.25) is 5.02 Å². The van der Waals surface area contributed by atoms with Gasteiger partial charge in [0.2, 0.25) is 0 Å². The molecule has 128 valence electrons. The van der Waals surface area contributed by atoms with E-state index in [1.165, 1.54) is 11.3 Å². The van der Waals surface area contributed by atoms with Crippen LogP contribution in [0, 0.1) is 0 Å².